The molecule has 0 amide bonds. The lowest BCUT2D eigenvalue weighted by Crippen LogP contribution is -2.28. The molecule has 0 spiro atoms. The number of rotatable bonds is 10. The number of unbranched alkanes of at least 4 members (excludes halogenated alkanes) is 4. The van der Waals surface area contributed by atoms with Crippen molar-refractivity contribution < 1.29 is 9.84 Å². The van der Waals surface area contributed by atoms with Gasteiger partial charge in [0.05, 0.1) is 19.3 Å². The number of likely N-dealkylation sites (tertiary alicyclic amines) is 1. The second-order valence-corrected chi connectivity index (χ2v) is 6.94. The molecule has 0 saturated carbocycles. The minimum Gasteiger partial charge on any atom is -0.395 e. The number of likely N-dealkylation sites (N-methyl/N-ethyl adjacent to an activating group) is 1. The van der Waals surface area contributed by atoms with E-state index in [0.717, 1.165) is 13.0 Å². The highest BCUT2D eigenvalue weighted by Gasteiger charge is 2.29. The van der Waals surface area contributed by atoms with Crippen molar-refractivity contribution in [3.8, 4) is 0 Å². The van der Waals surface area contributed by atoms with Crippen molar-refractivity contribution in [2.45, 2.75) is 64.2 Å². The summed E-state index contributed by atoms with van der Waals surface area (Å²) in [5.41, 5.74) is 2.47. The van der Waals surface area contributed by atoms with Gasteiger partial charge in [-0.25, -0.2) is 0 Å². The fourth-order valence-electron chi connectivity index (χ4n) is 3.21. The minimum absolute atomic E-state index is 0.218. The molecule has 0 radical (unpaired) electrons. The summed E-state index contributed by atoms with van der Waals surface area (Å²) in [5.74, 6) is 0. The molecule has 3 heteroatoms. The maximum absolute atomic E-state index is 9.30. The fraction of sp³-hybridized carbons (Fsp3) is 0.619. The van der Waals surface area contributed by atoms with Crippen LogP contribution in [0.2, 0.25) is 0 Å². The Kier molecular flexibility index (Phi) is 8.51. The van der Waals surface area contributed by atoms with E-state index in [1.165, 1.54) is 43.2 Å². The lowest BCUT2D eigenvalue weighted by atomic mass is 10.1. The van der Waals surface area contributed by atoms with Crippen molar-refractivity contribution in [2.75, 3.05) is 20.2 Å². The molecule has 1 aromatic rings. The first kappa shape index (κ1) is 19.2. The molecule has 24 heavy (non-hydrogen) atoms. The first-order valence-corrected chi connectivity index (χ1v) is 9.41. The Morgan fingerprint density at radius 3 is 2.67 bits per heavy atom. The molecule has 0 bridgehead atoms. The molecule has 2 rings (SSSR count). The van der Waals surface area contributed by atoms with Gasteiger partial charge in [0.1, 0.15) is 0 Å². The highest BCUT2D eigenvalue weighted by molar-refractivity contribution is 5.49. The molecule has 1 saturated heterocycles. The Morgan fingerprint density at radius 2 is 2.00 bits per heavy atom. The third-order valence-electron chi connectivity index (χ3n) is 4.86. The predicted octanol–water partition coefficient (Wildman–Crippen LogP) is 4.25. The molecule has 2 atom stereocenters. The molecule has 1 aromatic carbocycles. The summed E-state index contributed by atoms with van der Waals surface area (Å²) >= 11 is 0. The van der Waals surface area contributed by atoms with E-state index in [0.29, 0.717) is 6.61 Å². The van der Waals surface area contributed by atoms with Crippen molar-refractivity contribution in [1.29, 1.82) is 0 Å². The first-order valence-electron chi connectivity index (χ1n) is 9.41. The number of aliphatic hydroxyl groups excluding tert-OH is 1. The van der Waals surface area contributed by atoms with Gasteiger partial charge < -0.3 is 9.84 Å². The van der Waals surface area contributed by atoms with Crippen molar-refractivity contribution in [3.05, 3.63) is 41.5 Å². The smallest absolute Gasteiger partial charge is 0.0722 e. The summed E-state index contributed by atoms with van der Waals surface area (Å²) in [6.45, 7) is 4.02. The number of hydrogen-bond acceptors (Lipinski definition) is 3. The number of benzene rings is 1. The maximum Gasteiger partial charge on any atom is 0.0722 e. The monoisotopic (exact) mass is 331 g/mol. The lowest BCUT2D eigenvalue weighted by molar-refractivity contribution is 0.0478. The third kappa shape index (κ3) is 6.39. The molecule has 1 aliphatic heterocycles. The zero-order chi connectivity index (χ0) is 17.2. The van der Waals surface area contributed by atoms with Crippen LogP contribution in [-0.4, -0.2) is 42.4 Å². The molecule has 0 aliphatic carbocycles. The molecule has 0 aromatic heterocycles. The van der Waals surface area contributed by atoms with Crippen LogP contribution in [-0.2, 0) is 11.3 Å². The van der Waals surface area contributed by atoms with Gasteiger partial charge >= 0.3 is 0 Å². The summed E-state index contributed by atoms with van der Waals surface area (Å²) in [6.07, 6.45) is 12.1. The van der Waals surface area contributed by atoms with E-state index in [1.807, 2.05) is 7.05 Å². The summed E-state index contributed by atoms with van der Waals surface area (Å²) in [5, 5.41) is 9.30. The molecule has 134 valence electrons. The first-order chi connectivity index (χ1) is 11.7. The minimum atomic E-state index is 0.218. The molecule has 1 fully saturated rings. The van der Waals surface area contributed by atoms with Crippen molar-refractivity contribution >= 4 is 6.08 Å². The average molecular weight is 332 g/mol. The quantitative estimate of drug-likeness (QED) is 0.651. The van der Waals surface area contributed by atoms with Crippen LogP contribution in [0.1, 0.15) is 56.6 Å². The van der Waals surface area contributed by atoms with Gasteiger partial charge in [-0.05, 0) is 37.4 Å². The van der Waals surface area contributed by atoms with Crippen molar-refractivity contribution in [1.82, 2.24) is 4.90 Å². The van der Waals surface area contributed by atoms with Crippen LogP contribution in [0.5, 0.6) is 0 Å². The molecule has 1 aliphatic rings. The van der Waals surface area contributed by atoms with Crippen molar-refractivity contribution in [3.63, 3.8) is 0 Å². The average Bonchev–Trinajstić information content (AvgIpc) is 2.97. The lowest BCUT2D eigenvalue weighted by Gasteiger charge is -2.14. The molecule has 3 nitrogen and oxygen atoms in total. The van der Waals surface area contributed by atoms with E-state index >= 15 is 0 Å². The van der Waals surface area contributed by atoms with Gasteiger partial charge in [0.15, 0.2) is 0 Å². The number of hydrogen-bond donors (Lipinski definition) is 1. The molecule has 0 unspecified atom stereocenters. The number of ether oxygens (including phenoxy) is 1. The number of nitrogens with zero attached hydrogens (tertiary/aromatic N) is 1. The Bertz CT molecular complexity index is 483. The standard InChI is InChI=1S/C21H33NO2/c1-3-4-5-6-7-8-9-18-10-12-19(13-11-18)17-24-21-14-20(16-23)22(2)15-21/h8-13,20-21,23H,3-7,14-17H2,1-2H3/b9-8+/t20-,21+/m1/s1. The van der Waals surface area contributed by atoms with Crippen LogP contribution in [0.3, 0.4) is 0 Å². The molecule has 1 heterocycles. The van der Waals surface area contributed by atoms with Gasteiger partial charge in [-0.3, -0.25) is 4.90 Å². The zero-order valence-electron chi connectivity index (χ0n) is 15.3. The van der Waals surface area contributed by atoms with Crippen LogP contribution < -0.4 is 0 Å². The predicted molar refractivity (Wildman–Crippen MR) is 101 cm³/mol. The fourth-order valence-corrected chi connectivity index (χ4v) is 3.21. The van der Waals surface area contributed by atoms with Crippen LogP contribution in [0.15, 0.2) is 30.3 Å². The summed E-state index contributed by atoms with van der Waals surface area (Å²) < 4.78 is 6.00. The third-order valence-corrected chi connectivity index (χ3v) is 4.86. The molecular formula is C21H33NO2. The van der Waals surface area contributed by atoms with Gasteiger partial charge in [-0.15, -0.1) is 0 Å². The van der Waals surface area contributed by atoms with Gasteiger partial charge in [0.2, 0.25) is 0 Å². The highest BCUT2D eigenvalue weighted by Crippen LogP contribution is 2.19. The maximum atomic E-state index is 9.30. The SMILES string of the molecule is CCCCCC/C=C/c1ccc(CO[C@H]2C[C@H](CO)N(C)C2)cc1. The van der Waals surface area contributed by atoms with Crippen LogP contribution in [0, 0.1) is 0 Å². The van der Waals surface area contributed by atoms with E-state index in [-0.39, 0.29) is 18.8 Å². The van der Waals surface area contributed by atoms with E-state index < -0.39 is 0 Å². The number of allylic oxidation sites excluding steroid dienone is 1. The van der Waals surface area contributed by atoms with Crippen LogP contribution >= 0.6 is 0 Å². The Hall–Kier alpha value is -1.16. The van der Waals surface area contributed by atoms with E-state index in [4.69, 9.17) is 4.74 Å². The zero-order valence-corrected chi connectivity index (χ0v) is 15.3. The van der Waals surface area contributed by atoms with E-state index in [9.17, 15) is 5.11 Å². The van der Waals surface area contributed by atoms with E-state index in [1.54, 1.807) is 0 Å². The van der Waals surface area contributed by atoms with E-state index in [2.05, 4.69) is 48.2 Å². The van der Waals surface area contributed by atoms with Gasteiger partial charge in [-0.2, -0.15) is 0 Å². The van der Waals surface area contributed by atoms with Crippen LogP contribution in [0.25, 0.3) is 6.08 Å². The second-order valence-electron chi connectivity index (χ2n) is 6.94. The molecule has 1 N–H and O–H groups in total. The summed E-state index contributed by atoms with van der Waals surface area (Å²) in [7, 11) is 2.05. The largest absolute Gasteiger partial charge is 0.395 e. The van der Waals surface area contributed by atoms with Gasteiger partial charge in [-0.1, -0.05) is 62.6 Å². The van der Waals surface area contributed by atoms with Crippen molar-refractivity contribution in [2.24, 2.45) is 0 Å². The molecular weight excluding hydrogens is 298 g/mol. The second kappa shape index (κ2) is 10.7. The topological polar surface area (TPSA) is 32.7 Å². The highest BCUT2D eigenvalue weighted by atomic mass is 16.5. The summed E-state index contributed by atoms with van der Waals surface area (Å²) in [6, 6.07) is 8.88. The normalized spacial score (nSPS) is 21.8. The summed E-state index contributed by atoms with van der Waals surface area (Å²) in [4.78, 5) is 2.18. The van der Waals surface area contributed by atoms with Crippen LogP contribution in [0.4, 0.5) is 0 Å². The Morgan fingerprint density at radius 1 is 1.21 bits per heavy atom. The Balaban J connectivity index is 1.69. The Labute approximate surface area is 147 Å². The van der Waals surface area contributed by atoms with Gasteiger partial charge in [0, 0.05) is 12.6 Å². The number of aliphatic hydroxyl groups is 1. The van der Waals surface area contributed by atoms with Gasteiger partial charge in [0.25, 0.3) is 0 Å².